The molecule has 144 valence electrons. The maximum atomic E-state index is 13.1. The summed E-state index contributed by atoms with van der Waals surface area (Å²) < 4.78 is 13.1. The number of nitrogens with zero attached hydrogens (tertiary/aromatic N) is 1. The normalized spacial score (nSPS) is 11.7. The van der Waals surface area contributed by atoms with E-state index in [0.717, 1.165) is 24.0 Å². The Kier molecular flexibility index (Phi) is 7.99. The quantitative estimate of drug-likeness (QED) is 0.684. The van der Waals surface area contributed by atoms with Crippen molar-refractivity contribution in [1.29, 1.82) is 0 Å². The minimum Gasteiger partial charge on any atom is -0.354 e. The number of benzene rings is 2. The largest absolute Gasteiger partial charge is 0.354 e. The molecule has 0 bridgehead atoms. The van der Waals surface area contributed by atoms with Gasteiger partial charge in [-0.1, -0.05) is 55.8 Å². The molecule has 1 N–H and O–H groups in total. The first-order valence-corrected chi connectivity index (χ1v) is 9.36. The van der Waals surface area contributed by atoms with E-state index in [1.165, 1.54) is 12.1 Å². The molecule has 0 saturated carbocycles. The van der Waals surface area contributed by atoms with Gasteiger partial charge in [-0.05, 0) is 36.6 Å². The van der Waals surface area contributed by atoms with Crippen molar-refractivity contribution in [3.8, 4) is 0 Å². The van der Waals surface area contributed by atoms with Gasteiger partial charge in [-0.3, -0.25) is 9.59 Å². The fraction of sp³-hybridized carbons (Fsp3) is 0.364. The number of hydrogen-bond donors (Lipinski definition) is 1. The molecule has 1 atom stereocenters. The molecular formula is C22H27FN2O2. The Morgan fingerprint density at radius 3 is 2.33 bits per heavy atom. The van der Waals surface area contributed by atoms with Crippen LogP contribution in [0, 0.1) is 5.82 Å². The van der Waals surface area contributed by atoms with E-state index < -0.39 is 6.04 Å². The number of amides is 2. The van der Waals surface area contributed by atoms with Crippen LogP contribution in [0.4, 0.5) is 4.39 Å². The van der Waals surface area contributed by atoms with Crippen LogP contribution >= 0.6 is 0 Å². The molecule has 0 spiro atoms. The van der Waals surface area contributed by atoms with E-state index in [-0.39, 0.29) is 24.1 Å². The standard InChI is InChI=1S/C22H27FN2O2/c1-3-4-14-24-22(27)17(2)25(16-19-8-6-5-7-9-19)21(26)15-18-10-12-20(23)13-11-18/h5-13,17H,3-4,14-16H2,1-2H3,(H,24,27)/t17-/m0/s1. The first-order valence-electron chi connectivity index (χ1n) is 9.36. The van der Waals surface area contributed by atoms with E-state index in [9.17, 15) is 14.0 Å². The summed E-state index contributed by atoms with van der Waals surface area (Å²) in [5.41, 5.74) is 1.68. The maximum Gasteiger partial charge on any atom is 0.242 e. The van der Waals surface area contributed by atoms with Crippen molar-refractivity contribution >= 4 is 11.8 Å². The van der Waals surface area contributed by atoms with E-state index in [2.05, 4.69) is 12.2 Å². The first-order chi connectivity index (χ1) is 13.0. The molecule has 5 heteroatoms. The first kappa shape index (κ1) is 20.6. The fourth-order valence-corrected chi connectivity index (χ4v) is 2.78. The van der Waals surface area contributed by atoms with Crippen LogP contribution < -0.4 is 5.32 Å². The average Bonchev–Trinajstić information content (AvgIpc) is 2.68. The summed E-state index contributed by atoms with van der Waals surface area (Å²) in [6.45, 7) is 4.75. The Hall–Kier alpha value is -2.69. The summed E-state index contributed by atoms with van der Waals surface area (Å²) in [6, 6.07) is 14.9. The summed E-state index contributed by atoms with van der Waals surface area (Å²) in [7, 11) is 0. The van der Waals surface area contributed by atoms with Crippen molar-refractivity contribution in [2.45, 2.75) is 45.7 Å². The van der Waals surface area contributed by atoms with Crippen LogP contribution in [0.15, 0.2) is 54.6 Å². The number of carbonyl (C=O) groups is 2. The summed E-state index contributed by atoms with van der Waals surface area (Å²) in [5, 5.41) is 2.89. The highest BCUT2D eigenvalue weighted by molar-refractivity contribution is 5.88. The van der Waals surface area contributed by atoms with Gasteiger partial charge >= 0.3 is 0 Å². The van der Waals surface area contributed by atoms with Gasteiger partial charge in [0.15, 0.2) is 0 Å². The molecule has 2 aromatic rings. The second kappa shape index (κ2) is 10.5. The van der Waals surface area contributed by atoms with Crippen LogP contribution in [0.3, 0.4) is 0 Å². The highest BCUT2D eigenvalue weighted by atomic mass is 19.1. The smallest absolute Gasteiger partial charge is 0.242 e. The Balaban J connectivity index is 2.13. The van der Waals surface area contributed by atoms with E-state index in [1.807, 2.05) is 30.3 Å². The third kappa shape index (κ3) is 6.51. The molecule has 0 aliphatic carbocycles. The molecule has 0 unspecified atom stereocenters. The molecule has 0 aliphatic rings. The molecular weight excluding hydrogens is 343 g/mol. The molecule has 0 fully saturated rings. The second-order valence-corrected chi connectivity index (χ2v) is 6.63. The Bertz CT molecular complexity index is 732. The van der Waals surface area contributed by atoms with Crippen LogP contribution in [0.5, 0.6) is 0 Å². The molecule has 4 nitrogen and oxygen atoms in total. The molecule has 2 rings (SSSR count). The van der Waals surface area contributed by atoms with Crippen LogP contribution in [-0.2, 0) is 22.6 Å². The minimum absolute atomic E-state index is 0.125. The number of nitrogens with one attached hydrogen (secondary N) is 1. The number of rotatable bonds is 9. The van der Waals surface area contributed by atoms with E-state index >= 15 is 0 Å². The predicted molar refractivity (Wildman–Crippen MR) is 104 cm³/mol. The van der Waals surface area contributed by atoms with Crippen LogP contribution in [0.1, 0.15) is 37.8 Å². The number of halogens is 1. The number of hydrogen-bond acceptors (Lipinski definition) is 2. The van der Waals surface area contributed by atoms with Gasteiger partial charge in [0.2, 0.25) is 11.8 Å². The third-order valence-electron chi connectivity index (χ3n) is 4.46. The lowest BCUT2D eigenvalue weighted by Gasteiger charge is -2.29. The van der Waals surface area contributed by atoms with Gasteiger partial charge in [0.05, 0.1) is 6.42 Å². The van der Waals surface area contributed by atoms with Gasteiger partial charge in [-0.15, -0.1) is 0 Å². The molecule has 27 heavy (non-hydrogen) atoms. The molecule has 2 aromatic carbocycles. The van der Waals surface area contributed by atoms with E-state index in [1.54, 1.807) is 24.0 Å². The minimum atomic E-state index is -0.588. The lowest BCUT2D eigenvalue weighted by molar-refractivity contribution is -0.140. The van der Waals surface area contributed by atoms with Gasteiger partial charge in [0.1, 0.15) is 11.9 Å². The lowest BCUT2D eigenvalue weighted by atomic mass is 10.1. The summed E-state index contributed by atoms with van der Waals surface area (Å²) in [5.74, 6) is -0.661. The van der Waals surface area contributed by atoms with Gasteiger partial charge in [-0.25, -0.2) is 4.39 Å². The highest BCUT2D eigenvalue weighted by Crippen LogP contribution is 2.13. The third-order valence-corrected chi connectivity index (χ3v) is 4.46. The second-order valence-electron chi connectivity index (χ2n) is 6.63. The van der Waals surface area contributed by atoms with Crippen molar-refractivity contribution in [3.05, 3.63) is 71.5 Å². The van der Waals surface area contributed by atoms with Crippen LogP contribution in [0.25, 0.3) is 0 Å². The van der Waals surface area contributed by atoms with Crippen molar-refractivity contribution < 1.29 is 14.0 Å². The van der Waals surface area contributed by atoms with Crippen molar-refractivity contribution in [1.82, 2.24) is 10.2 Å². The molecule has 2 amide bonds. The number of unbranched alkanes of at least 4 members (excludes halogenated alkanes) is 1. The zero-order valence-electron chi connectivity index (χ0n) is 16.0. The van der Waals surface area contributed by atoms with E-state index in [0.29, 0.717) is 13.1 Å². The Morgan fingerprint density at radius 2 is 1.70 bits per heavy atom. The average molecular weight is 370 g/mol. The van der Waals surface area contributed by atoms with Crippen molar-refractivity contribution in [2.75, 3.05) is 6.54 Å². The molecule has 0 saturated heterocycles. The maximum absolute atomic E-state index is 13.1. The van der Waals surface area contributed by atoms with Gasteiger partial charge < -0.3 is 10.2 Å². The summed E-state index contributed by atoms with van der Waals surface area (Å²) in [4.78, 5) is 27.0. The van der Waals surface area contributed by atoms with Crippen molar-refractivity contribution in [3.63, 3.8) is 0 Å². The topological polar surface area (TPSA) is 49.4 Å². The Labute approximate surface area is 160 Å². The van der Waals surface area contributed by atoms with Crippen molar-refractivity contribution in [2.24, 2.45) is 0 Å². The molecule has 0 heterocycles. The summed E-state index contributed by atoms with van der Waals surface area (Å²) >= 11 is 0. The molecule has 0 aromatic heterocycles. The highest BCUT2D eigenvalue weighted by Gasteiger charge is 2.25. The van der Waals surface area contributed by atoms with Gasteiger partial charge in [-0.2, -0.15) is 0 Å². The lowest BCUT2D eigenvalue weighted by Crippen LogP contribution is -2.48. The molecule has 0 radical (unpaired) electrons. The number of carbonyl (C=O) groups excluding carboxylic acids is 2. The predicted octanol–water partition coefficient (Wildman–Crippen LogP) is 3.70. The monoisotopic (exact) mass is 370 g/mol. The van der Waals surface area contributed by atoms with Crippen LogP contribution in [-0.4, -0.2) is 29.3 Å². The SMILES string of the molecule is CCCCNC(=O)[C@H](C)N(Cc1ccccc1)C(=O)Cc1ccc(F)cc1. The fourth-order valence-electron chi connectivity index (χ4n) is 2.78. The van der Waals surface area contributed by atoms with Crippen LogP contribution in [0.2, 0.25) is 0 Å². The van der Waals surface area contributed by atoms with Gasteiger partial charge in [0.25, 0.3) is 0 Å². The van der Waals surface area contributed by atoms with Gasteiger partial charge in [0, 0.05) is 13.1 Å². The van der Waals surface area contributed by atoms with E-state index in [4.69, 9.17) is 0 Å². The zero-order chi connectivity index (χ0) is 19.6. The molecule has 0 aliphatic heterocycles. The summed E-state index contributed by atoms with van der Waals surface area (Å²) in [6.07, 6.45) is 2.02. The Morgan fingerprint density at radius 1 is 1.04 bits per heavy atom. The zero-order valence-corrected chi connectivity index (χ0v) is 16.0.